The Kier molecular flexibility index (Phi) is 7.35. The molecule has 41 heavy (non-hydrogen) atoms. The highest BCUT2D eigenvalue weighted by atomic mass is 35.5. The molecule has 0 spiro atoms. The van der Waals surface area contributed by atoms with Gasteiger partial charge in [0.15, 0.2) is 17.5 Å². The highest BCUT2D eigenvalue weighted by molar-refractivity contribution is 6.35. The van der Waals surface area contributed by atoms with Gasteiger partial charge in [-0.2, -0.15) is 0 Å². The van der Waals surface area contributed by atoms with Gasteiger partial charge in [0.25, 0.3) is 5.91 Å². The van der Waals surface area contributed by atoms with Crippen LogP contribution in [-0.4, -0.2) is 38.3 Å². The number of para-hydroxylation sites is 1. The number of benzene rings is 3. The summed E-state index contributed by atoms with van der Waals surface area (Å²) >= 11 is 12.0. The largest absolute Gasteiger partial charge is 0.586 e. The Balaban J connectivity index is 1.36. The predicted octanol–water partition coefficient (Wildman–Crippen LogP) is 6.11. The van der Waals surface area contributed by atoms with Gasteiger partial charge in [0.1, 0.15) is 5.69 Å². The molecular weight excluding hydrogens is 581 g/mol. The molecule has 0 saturated heterocycles. The van der Waals surface area contributed by atoms with Crippen LogP contribution in [0.1, 0.15) is 41.5 Å². The smallest absolute Gasteiger partial charge is 0.480 e. The van der Waals surface area contributed by atoms with E-state index in [4.69, 9.17) is 27.9 Å². The van der Waals surface area contributed by atoms with Crippen molar-refractivity contribution in [2.24, 2.45) is 0 Å². The molecule has 1 aliphatic rings. The minimum atomic E-state index is -3.77. The molecular formula is C28H22Cl2F2N4O5. The van der Waals surface area contributed by atoms with Crippen molar-refractivity contribution in [3.05, 3.63) is 93.7 Å². The second-order valence-corrected chi connectivity index (χ2v) is 10.8. The summed E-state index contributed by atoms with van der Waals surface area (Å²) in [6.45, 7) is 3.39. The number of ether oxygens (including phenoxy) is 2. The number of alkyl halides is 2. The lowest BCUT2D eigenvalue weighted by atomic mass is 9.98. The van der Waals surface area contributed by atoms with E-state index in [1.807, 2.05) is 0 Å². The van der Waals surface area contributed by atoms with Crippen LogP contribution < -0.4 is 14.8 Å². The lowest BCUT2D eigenvalue weighted by Crippen LogP contribution is -2.41. The number of aromatic nitrogens is 3. The Bertz CT molecular complexity index is 1640. The monoisotopic (exact) mass is 602 g/mol. The number of carbonyl (C=O) groups is 2. The first-order valence-corrected chi connectivity index (χ1v) is 13.0. The number of fused-ring (bicyclic) bond motifs is 1. The molecule has 1 unspecified atom stereocenters. The fourth-order valence-corrected chi connectivity index (χ4v) is 4.93. The van der Waals surface area contributed by atoms with E-state index in [2.05, 4.69) is 20.4 Å². The van der Waals surface area contributed by atoms with Gasteiger partial charge < -0.3 is 19.9 Å². The van der Waals surface area contributed by atoms with Gasteiger partial charge in [-0.1, -0.05) is 64.8 Å². The van der Waals surface area contributed by atoms with Gasteiger partial charge in [-0.3, -0.25) is 4.79 Å². The van der Waals surface area contributed by atoms with E-state index in [1.165, 1.54) is 35.1 Å². The zero-order valence-electron chi connectivity index (χ0n) is 21.6. The van der Waals surface area contributed by atoms with Crippen molar-refractivity contribution >= 4 is 35.1 Å². The van der Waals surface area contributed by atoms with Crippen LogP contribution in [0.25, 0.3) is 11.1 Å². The number of rotatable bonds is 8. The summed E-state index contributed by atoms with van der Waals surface area (Å²) in [5, 5.41) is 21.6. The lowest BCUT2D eigenvalue weighted by Gasteiger charge is -2.24. The third kappa shape index (κ3) is 6.10. The van der Waals surface area contributed by atoms with Crippen LogP contribution in [0.2, 0.25) is 10.0 Å². The summed E-state index contributed by atoms with van der Waals surface area (Å²) in [6, 6.07) is 14.6. The summed E-state index contributed by atoms with van der Waals surface area (Å²) in [6.07, 6.45) is -2.32. The van der Waals surface area contributed by atoms with Crippen LogP contribution >= 0.6 is 23.2 Å². The van der Waals surface area contributed by atoms with Crippen molar-refractivity contribution in [2.75, 3.05) is 0 Å². The maximum atomic E-state index is 13.7. The highest BCUT2D eigenvalue weighted by Crippen LogP contribution is 2.47. The number of hydrogen-bond donors (Lipinski definition) is 2. The highest BCUT2D eigenvalue weighted by Gasteiger charge is 2.44. The van der Waals surface area contributed by atoms with Gasteiger partial charge in [0, 0.05) is 27.6 Å². The zero-order valence-corrected chi connectivity index (χ0v) is 23.1. The molecule has 1 atom stereocenters. The molecule has 0 aliphatic carbocycles. The summed E-state index contributed by atoms with van der Waals surface area (Å²) in [5.41, 5.74) is 1.03. The van der Waals surface area contributed by atoms with Crippen LogP contribution in [0.15, 0.2) is 66.9 Å². The zero-order chi connectivity index (χ0) is 29.5. The Hall–Kier alpha value is -4.22. The second-order valence-electron chi connectivity index (χ2n) is 9.88. The topological polar surface area (TPSA) is 116 Å². The van der Waals surface area contributed by atoms with Crippen LogP contribution in [-0.2, 0) is 16.8 Å². The standard InChI is InChI=1S/C28H22Cl2F2N4O5/c1-27(2,33-25(37)17-11-18(29)13-19(30)12-17)23-14-36(35-34-23)21(26(38)39)10-15-5-3-6-16(9-15)20-7-4-8-22-24(20)41-28(31,32)40-22/h3-9,11-14,21H,10H2,1-2H3,(H,33,37)(H,38,39). The van der Waals surface area contributed by atoms with E-state index in [-0.39, 0.29) is 23.5 Å². The van der Waals surface area contributed by atoms with E-state index in [1.54, 1.807) is 50.2 Å². The molecule has 9 nitrogen and oxygen atoms in total. The average Bonchev–Trinajstić information content (AvgIpc) is 3.50. The molecule has 13 heteroatoms. The lowest BCUT2D eigenvalue weighted by molar-refractivity contribution is -0.286. The maximum Gasteiger partial charge on any atom is 0.586 e. The van der Waals surface area contributed by atoms with Crippen molar-refractivity contribution in [3.8, 4) is 22.6 Å². The number of aliphatic carboxylic acids is 1. The summed E-state index contributed by atoms with van der Waals surface area (Å²) in [4.78, 5) is 25.1. The first-order valence-electron chi connectivity index (χ1n) is 12.2. The summed E-state index contributed by atoms with van der Waals surface area (Å²) < 4.78 is 37.8. The fourth-order valence-electron chi connectivity index (χ4n) is 4.40. The molecule has 0 bridgehead atoms. The maximum absolute atomic E-state index is 13.7. The second kappa shape index (κ2) is 10.6. The molecule has 0 radical (unpaired) electrons. The minimum Gasteiger partial charge on any atom is -0.480 e. The van der Waals surface area contributed by atoms with Gasteiger partial charge in [0.05, 0.1) is 11.7 Å². The number of halogens is 4. The van der Waals surface area contributed by atoms with E-state index in [0.717, 1.165) is 0 Å². The van der Waals surface area contributed by atoms with E-state index in [0.29, 0.717) is 32.4 Å². The normalized spacial score (nSPS) is 14.5. The Morgan fingerprint density at radius 1 is 1.07 bits per heavy atom. The molecule has 212 valence electrons. The number of hydrogen-bond acceptors (Lipinski definition) is 6. The van der Waals surface area contributed by atoms with E-state index >= 15 is 0 Å². The van der Waals surface area contributed by atoms with Crippen molar-refractivity contribution in [2.45, 2.75) is 38.1 Å². The number of amides is 1. The van der Waals surface area contributed by atoms with Gasteiger partial charge in [0.2, 0.25) is 0 Å². The molecule has 4 aromatic rings. The third-order valence-electron chi connectivity index (χ3n) is 6.40. The molecule has 2 heterocycles. The number of carboxylic acids is 1. The van der Waals surface area contributed by atoms with Crippen LogP contribution in [0.5, 0.6) is 11.5 Å². The minimum absolute atomic E-state index is 0.00230. The Morgan fingerprint density at radius 2 is 1.78 bits per heavy atom. The van der Waals surface area contributed by atoms with Crippen molar-refractivity contribution in [1.29, 1.82) is 0 Å². The summed E-state index contributed by atoms with van der Waals surface area (Å²) in [5.74, 6) is -1.82. The van der Waals surface area contributed by atoms with Crippen LogP contribution in [0, 0.1) is 0 Å². The van der Waals surface area contributed by atoms with Gasteiger partial charge in [-0.05, 0) is 49.2 Å². The van der Waals surface area contributed by atoms with E-state index < -0.39 is 29.8 Å². The van der Waals surface area contributed by atoms with Crippen molar-refractivity contribution in [3.63, 3.8) is 0 Å². The molecule has 5 rings (SSSR count). The van der Waals surface area contributed by atoms with Gasteiger partial charge >= 0.3 is 12.3 Å². The predicted molar refractivity (Wildman–Crippen MR) is 145 cm³/mol. The Morgan fingerprint density at radius 3 is 2.49 bits per heavy atom. The summed E-state index contributed by atoms with van der Waals surface area (Å²) in [7, 11) is 0. The molecule has 0 saturated carbocycles. The average molecular weight is 603 g/mol. The van der Waals surface area contributed by atoms with E-state index in [9.17, 15) is 23.5 Å². The molecule has 1 aliphatic heterocycles. The van der Waals surface area contributed by atoms with Crippen molar-refractivity contribution in [1.82, 2.24) is 20.3 Å². The fraction of sp³-hybridized carbons (Fsp3) is 0.214. The molecule has 0 fully saturated rings. The molecule has 1 amide bonds. The Labute approximate surface area is 242 Å². The molecule has 1 aromatic heterocycles. The van der Waals surface area contributed by atoms with Gasteiger partial charge in [-0.25, -0.2) is 9.48 Å². The quantitative estimate of drug-likeness (QED) is 0.250. The van der Waals surface area contributed by atoms with Crippen molar-refractivity contribution < 1.29 is 33.0 Å². The number of nitrogens with zero attached hydrogens (tertiary/aromatic N) is 3. The number of carboxylic acid groups (broad SMARTS) is 1. The third-order valence-corrected chi connectivity index (χ3v) is 6.84. The molecule has 3 aromatic carbocycles. The molecule has 2 N–H and O–H groups in total. The van der Waals surface area contributed by atoms with Gasteiger partial charge in [-0.15, -0.1) is 13.9 Å². The number of nitrogens with one attached hydrogen (secondary N) is 1. The SMILES string of the molecule is CC(C)(NC(=O)c1cc(Cl)cc(Cl)c1)c1cn(C(Cc2cccc(-c3cccc4c3OC(F)(F)O4)c2)C(=O)O)nn1. The van der Waals surface area contributed by atoms with Crippen LogP contribution in [0.4, 0.5) is 8.78 Å². The first kappa shape index (κ1) is 28.3. The van der Waals surface area contributed by atoms with Crippen LogP contribution in [0.3, 0.4) is 0 Å². The first-order chi connectivity index (χ1) is 19.3. The number of carbonyl (C=O) groups excluding carboxylic acids is 1.